The number of ether oxygens (including phenoxy) is 1. The summed E-state index contributed by atoms with van der Waals surface area (Å²) in [6.45, 7) is 0.326. The number of carbonyl (C=O) groups excluding carboxylic acids is 2. The molecule has 8 heteroatoms. The van der Waals surface area contributed by atoms with Gasteiger partial charge in [-0.25, -0.2) is 4.79 Å². The number of fused-ring (bicyclic) bond motifs is 1. The van der Waals surface area contributed by atoms with Gasteiger partial charge in [0.05, 0.1) is 6.04 Å². The molecule has 8 nitrogen and oxygen atoms in total. The summed E-state index contributed by atoms with van der Waals surface area (Å²) in [6, 6.07) is 20.8. The highest BCUT2D eigenvalue weighted by Crippen LogP contribution is 2.25. The van der Waals surface area contributed by atoms with Crippen molar-refractivity contribution in [3.05, 3.63) is 78.4 Å². The molecule has 0 saturated carbocycles. The standard InChI is InChI=1S/C25H29N5O3/c26-20(16-17-8-2-1-3-9-17)23(31)30-21(13-7-15-29-25(27)28)24(32)33-22-14-6-11-18-10-4-5-12-19(18)22/h1-6,8-12,14,20-21H,7,13,15-16,26H2,(H,30,31)(H4,27,28,29)/t20-,21-/m0/s1. The summed E-state index contributed by atoms with van der Waals surface area (Å²) in [5.41, 5.74) is 17.8. The average Bonchev–Trinajstić information content (AvgIpc) is 2.81. The van der Waals surface area contributed by atoms with Gasteiger partial charge in [-0.2, -0.15) is 0 Å². The molecule has 3 aromatic carbocycles. The van der Waals surface area contributed by atoms with Gasteiger partial charge in [0, 0.05) is 11.9 Å². The summed E-state index contributed by atoms with van der Waals surface area (Å²) >= 11 is 0. The number of benzene rings is 3. The third-order valence-electron chi connectivity index (χ3n) is 5.14. The molecule has 0 aromatic heterocycles. The van der Waals surface area contributed by atoms with Crippen molar-refractivity contribution in [2.45, 2.75) is 31.3 Å². The zero-order chi connectivity index (χ0) is 23.6. The summed E-state index contributed by atoms with van der Waals surface area (Å²) in [5, 5.41) is 4.49. The van der Waals surface area contributed by atoms with Crippen molar-refractivity contribution in [2.75, 3.05) is 6.54 Å². The summed E-state index contributed by atoms with van der Waals surface area (Å²) in [5.74, 6) is -0.606. The second kappa shape index (κ2) is 11.6. The van der Waals surface area contributed by atoms with Gasteiger partial charge in [-0.3, -0.25) is 9.79 Å². The minimum absolute atomic E-state index is 0.0289. The van der Waals surface area contributed by atoms with Crippen LogP contribution in [0.2, 0.25) is 0 Å². The molecule has 172 valence electrons. The fourth-order valence-corrected chi connectivity index (χ4v) is 3.46. The van der Waals surface area contributed by atoms with Gasteiger partial charge in [-0.05, 0) is 36.3 Å². The molecule has 1 amide bonds. The van der Waals surface area contributed by atoms with E-state index in [9.17, 15) is 9.59 Å². The molecule has 0 unspecified atom stereocenters. The molecule has 0 bridgehead atoms. The molecule has 0 spiro atoms. The van der Waals surface area contributed by atoms with Gasteiger partial charge in [0.2, 0.25) is 5.91 Å². The van der Waals surface area contributed by atoms with Crippen LogP contribution in [-0.4, -0.2) is 36.5 Å². The number of hydrogen-bond donors (Lipinski definition) is 4. The van der Waals surface area contributed by atoms with Crippen LogP contribution in [0.3, 0.4) is 0 Å². The molecular weight excluding hydrogens is 418 g/mol. The number of rotatable bonds is 10. The van der Waals surface area contributed by atoms with Crippen LogP contribution in [0.25, 0.3) is 10.8 Å². The number of nitrogens with one attached hydrogen (secondary N) is 1. The molecule has 2 atom stereocenters. The second-order valence-electron chi connectivity index (χ2n) is 7.70. The van der Waals surface area contributed by atoms with E-state index in [1.54, 1.807) is 6.07 Å². The minimum Gasteiger partial charge on any atom is -0.424 e. The molecular formula is C25H29N5O3. The van der Waals surface area contributed by atoms with Crippen LogP contribution in [0.5, 0.6) is 5.75 Å². The first-order valence-electron chi connectivity index (χ1n) is 10.8. The van der Waals surface area contributed by atoms with E-state index >= 15 is 0 Å². The first kappa shape index (κ1) is 23.7. The van der Waals surface area contributed by atoms with Crippen LogP contribution >= 0.6 is 0 Å². The Balaban J connectivity index is 1.71. The van der Waals surface area contributed by atoms with Crippen LogP contribution < -0.4 is 27.3 Å². The maximum absolute atomic E-state index is 13.0. The fourth-order valence-electron chi connectivity index (χ4n) is 3.46. The summed E-state index contributed by atoms with van der Waals surface area (Å²) in [6.07, 6.45) is 1.12. The number of aliphatic imine (C=N–C) groups is 1. The summed E-state index contributed by atoms with van der Waals surface area (Å²) in [7, 11) is 0. The lowest BCUT2D eigenvalue weighted by atomic mass is 10.0. The predicted molar refractivity (Wildman–Crippen MR) is 130 cm³/mol. The lowest BCUT2D eigenvalue weighted by Gasteiger charge is -2.20. The van der Waals surface area contributed by atoms with E-state index in [0.717, 1.165) is 16.3 Å². The van der Waals surface area contributed by atoms with E-state index in [1.165, 1.54) is 0 Å². The molecule has 33 heavy (non-hydrogen) atoms. The van der Waals surface area contributed by atoms with E-state index in [2.05, 4.69) is 10.3 Å². The number of nitrogens with zero attached hydrogens (tertiary/aromatic N) is 1. The minimum atomic E-state index is -0.896. The van der Waals surface area contributed by atoms with Gasteiger partial charge in [0.25, 0.3) is 0 Å². The predicted octanol–water partition coefficient (Wildman–Crippen LogP) is 1.85. The molecule has 3 aromatic rings. The highest BCUT2D eigenvalue weighted by Gasteiger charge is 2.26. The van der Waals surface area contributed by atoms with Crippen molar-refractivity contribution < 1.29 is 14.3 Å². The van der Waals surface area contributed by atoms with Crippen molar-refractivity contribution >= 4 is 28.6 Å². The Morgan fingerprint density at radius 2 is 1.64 bits per heavy atom. The van der Waals surface area contributed by atoms with Crippen LogP contribution in [0.4, 0.5) is 0 Å². The Hall–Kier alpha value is -3.91. The molecule has 0 aliphatic carbocycles. The average molecular weight is 448 g/mol. The number of guanidine groups is 1. The monoisotopic (exact) mass is 447 g/mol. The third kappa shape index (κ3) is 7.05. The van der Waals surface area contributed by atoms with E-state index < -0.39 is 24.0 Å². The van der Waals surface area contributed by atoms with Crippen LogP contribution in [0.1, 0.15) is 18.4 Å². The zero-order valence-electron chi connectivity index (χ0n) is 18.3. The number of amides is 1. The highest BCUT2D eigenvalue weighted by molar-refractivity contribution is 5.92. The molecule has 3 rings (SSSR count). The van der Waals surface area contributed by atoms with E-state index in [1.807, 2.05) is 66.7 Å². The van der Waals surface area contributed by atoms with Crippen molar-refractivity contribution in [1.29, 1.82) is 0 Å². The molecule has 0 fully saturated rings. The molecule has 0 saturated heterocycles. The van der Waals surface area contributed by atoms with Gasteiger partial charge in [-0.15, -0.1) is 0 Å². The van der Waals surface area contributed by atoms with Crippen molar-refractivity contribution in [2.24, 2.45) is 22.2 Å². The van der Waals surface area contributed by atoms with Crippen LogP contribution in [0, 0.1) is 0 Å². The van der Waals surface area contributed by atoms with Gasteiger partial charge in [0.1, 0.15) is 11.8 Å². The van der Waals surface area contributed by atoms with Gasteiger partial charge in [-0.1, -0.05) is 66.7 Å². The summed E-state index contributed by atoms with van der Waals surface area (Å²) in [4.78, 5) is 29.7. The van der Waals surface area contributed by atoms with Crippen molar-refractivity contribution in [1.82, 2.24) is 5.32 Å². The quantitative estimate of drug-likeness (QED) is 0.123. The number of esters is 1. The highest BCUT2D eigenvalue weighted by atomic mass is 16.5. The largest absolute Gasteiger partial charge is 0.424 e. The van der Waals surface area contributed by atoms with Crippen LogP contribution in [-0.2, 0) is 16.0 Å². The Bertz CT molecular complexity index is 1110. The van der Waals surface area contributed by atoms with E-state index in [-0.39, 0.29) is 5.96 Å². The maximum atomic E-state index is 13.0. The Morgan fingerprint density at radius 1 is 0.939 bits per heavy atom. The third-order valence-corrected chi connectivity index (χ3v) is 5.14. The summed E-state index contributed by atoms with van der Waals surface area (Å²) < 4.78 is 5.69. The number of hydrogen-bond acceptors (Lipinski definition) is 5. The topological polar surface area (TPSA) is 146 Å². The van der Waals surface area contributed by atoms with E-state index in [4.69, 9.17) is 21.9 Å². The lowest BCUT2D eigenvalue weighted by Crippen LogP contribution is -2.50. The number of carbonyl (C=O) groups is 2. The Kier molecular flexibility index (Phi) is 8.37. The van der Waals surface area contributed by atoms with Crippen LogP contribution in [0.15, 0.2) is 77.8 Å². The van der Waals surface area contributed by atoms with Gasteiger partial charge < -0.3 is 27.3 Å². The first-order chi connectivity index (χ1) is 15.9. The molecule has 0 heterocycles. The second-order valence-corrected chi connectivity index (χ2v) is 7.70. The fraction of sp³-hybridized carbons (Fsp3) is 0.240. The number of nitrogens with two attached hydrogens (primary N) is 3. The van der Waals surface area contributed by atoms with E-state index in [0.29, 0.717) is 31.6 Å². The Labute approximate surface area is 192 Å². The van der Waals surface area contributed by atoms with Crippen molar-refractivity contribution in [3.8, 4) is 5.75 Å². The molecule has 0 radical (unpaired) electrons. The first-order valence-corrected chi connectivity index (χ1v) is 10.8. The molecule has 0 aliphatic heterocycles. The lowest BCUT2D eigenvalue weighted by molar-refractivity contribution is -0.139. The molecule has 0 aliphatic rings. The molecule has 7 N–H and O–H groups in total. The van der Waals surface area contributed by atoms with Gasteiger partial charge >= 0.3 is 5.97 Å². The Morgan fingerprint density at radius 3 is 2.39 bits per heavy atom. The normalized spacial score (nSPS) is 12.5. The van der Waals surface area contributed by atoms with Crippen molar-refractivity contribution in [3.63, 3.8) is 0 Å². The smallest absolute Gasteiger partial charge is 0.334 e. The van der Waals surface area contributed by atoms with Gasteiger partial charge in [0.15, 0.2) is 5.96 Å². The SMILES string of the molecule is NC(N)=NCCC[C@H](NC(=O)[C@@H](N)Cc1ccccc1)C(=O)Oc1cccc2ccccc12. The maximum Gasteiger partial charge on any atom is 0.334 e. The zero-order valence-corrected chi connectivity index (χ0v) is 18.3.